The van der Waals surface area contributed by atoms with E-state index >= 15 is 0 Å². The van der Waals surface area contributed by atoms with Crippen LogP contribution in [-0.4, -0.2) is 29.5 Å². The molecule has 0 amide bonds. The Kier molecular flexibility index (Phi) is 5.87. The Hall–Kier alpha value is -0.580. The molecule has 112 valence electrons. The molecule has 0 aromatic heterocycles. The summed E-state index contributed by atoms with van der Waals surface area (Å²) in [6, 6.07) is 6.77. The summed E-state index contributed by atoms with van der Waals surface area (Å²) in [5, 5.41) is 13.2. The zero-order chi connectivity index (χ0) is 14.4. The lowest BCUT2D eigenvalue weighted by Crippen LogP contribution is -2.51. The number of aliphatic hydroxyl groups is 1. The van der Waals surface area contributed by atoms with Crippen molar-refractivity contribution in [2.24, 2.45) is 5.92 Å². The highest BCUT2D eigenvalue weighted by atomic mass is 32.2. The predicted molar refractivity (Wildman–Crippen MR) is 82.6 cm³/mol. The Morgan fingerprint density at radius 3 is 3.05 bits per heavy atom. The Labute approximate surface area is 125 Å². The fourth-order valence-corrected chi connectivity index (χ4v) is 4.30. The highest BCUT2D eigenvalue weighted by molar-refractivity contribution is 7.99. The number of aliphatic hydroxyl groups excluding tert-OH is 1. The van der Waals surface area contributed by atoms with Gasteiger partial charge < -0.3 is 10.4 Å². The van der Waals surface area contributed by atoms with Crippen molar-refractivity contribution >= 4 is 11.8 Å². The molecule has 0 bridgehead atoms. The van der Waals surface area contributed by atoms with Gasteiger partial charge in [-0.25, -0.2) is 4.39 Å². The first-order valence-electron chi connectivity index (χ1n) is 7.44. The quantitative estimate of drug-likeness (QED) is 0.756. The summed E-state index contributed by atoms with van der Waals surface area (Å²) in [5.41, 5.74) is -0.0861. The minimum Gasteiger partial charge on any atom is -0.394 e. The molecule has 0 aliphatic heterocycles. The van der Waals surface area contributed by atoms with Gasteiger partial charge in [0.15, 0.2) is 0 Å². The molecule has 2 unspecified atom stereocenters. The summed E-state index contributed by atoms with van der Waals surface area (Å²) in [5.74, 6) is 1.32. The normalized spacial score (nSPS) is 26.1. The van der Waals surface area contributed by atoms with Gasteiger partial charge in [-0.15, -0.1) is 11.8 Å². The van der Waals surface area contributed by atoms with Crippen molar-refractivity contribution in [3.63, 3.8) is 0 Å². The van der Waals surface area contributed by atoms with Crippen molar-refractivity contribution in [1.82, 2.24) is 5.32 Å². The molecular formula is C16H24FNOS. The van der Waals surface area contributed by atoms with Crippen LogP contribution < -0.4 is 5.32 Å². The first-order chi connectivity index (χ1) is 9.70. The van der Waals surface area contributed by atoms with E-state index in [2.05, 4.69) is 12.2 Å². The monoisotopic (exact) mass is 297 g/mol. The summed E-state index contributed by atoms with van der Waals surface area (Å²) < 4.78 is 13.1. The molecule has 2 rings (SSSR count). The molecule has 1 fully saturated rings. The summed E-state index contributed by atoms with van der Waals surface area (Å²) in [6.45, 7) is 3.21. The van der Waals surface area contributed by atoms with E-state index in [9.17, 15) is 9.50 Å². The number of hydrogen-bond donors (Lipinski definition) is 2. The molecule has 0 saturated heterocycles. The van der Waals surface area contributed by atoms with Gasteiger partial charge in [0.05, 0.1) is 6.61 Å². The second-order valence-electron chi connectivity index (χ2n) is 5.53. The fourth-order valence-electron chi connectivity index (χ4n) is 3.29. The number of halogens is 1. The lowest BCUT2D eigenvalue weighted by molar-refractivity contribution is 0.124. The Morgan fingerprint density at radius 2 is 2.35 bits per heavy atom. The van der Waals surface area contributed by atoms with Gasteiger partial charge in [0.1, 0.15) is 5.82 Å². The minimum atomic E-state index is -0.173. The lowest BCUT2D eigenvalue weighted by Gasteiger charge is -2.35. The van der Waals surface area contributed by atoms with Crippen LogP contribution in [0.2, 0.25) is 0 Å². The van der Waals surface area contributed by atoms with Crippen LogP contribution in [-0.2, 0) is 0 Å². The Morgan fingerprint density at radius 1 is 1.50 bits per heavy atom. The fraction of sp³-hybridized carbons (Fsp3) is 0.625. The van der Waals surface area contributed by atoms with E-state index in [4.69, 9.17) is 0 Å². The third kappa shape index (κ3) is 3.74. The van der Waals surface area contributed by atoms with Crippen molar-refractivity contribution in [2.75, 3.05) is 18.9 Å². The van der Waals surface area contributed by atoms with Crippen LogP contribution in [0.4, 0.5) is 4.39 Å². The van der Waals surface area contributed by atoms with Crippen LogP contribution >= 0.6 is 11.8 Å². The molecule has 0 heterocycles. The molecule has 2 nitrogen and oxygen atoms in total. The zero-order valence-corrected chi connectivity index (χ0v) is 12.9. The molecule has 0 radical (unpaired) electrons. The summed E-state index contributed by atoms with van der Waals surface area (Å²) in [7, 11) is 0. The van der Waals surface area contributed by atoms with Gasteiger partial charge in [-0.2, -0.15) is 0 Å². The molecule has 1 saturated carbocycles. The lowest BCUT2D eigenvalue weighted by atomic mass is 9.86. The third-order valence-electron chi connectivity index (χ3n) is 4.30. The Bertz CT molecular complexity index is 429. The van der Waals surface area contributed by atoms with Gasteiger partial charge in [0.2, 0.25) is 0 Å². The second-order valence-corrected chi connectivity index (χ2v) is 6.70. The van der Waals surface area contributed by atoms with E-state index in [0.717, 1.165) is 30.0 Å². The predicted octanol–water partition coefficient (Wildman–Crippen LogP) is 3.45. The maximum atomic E-state index is 13.1. The smallest absolute Gasteiger partial charge is 0.124 e. The Balaban J connectivity index is 1.86. The number of likely N-dealkylation sites (N-methyl/N-ethyl adjacent to an activating group) is 1. The largest absolute Gasteiger partial charge is 0.394 e. The maximum absolute atomic E-state index is 13.1. The summed E-state index contributed by atoms with van der Waals surface area (Å²) >= 11 is 1.70. The van der Waals surface area contributed by atoms with Crippen LogP contribution in [0.1, 0.15) is 32.6 Å². The highest BCUT2D eigenvalue weighted by Gasteiger charge is 2.41. The van der Waals surface area contributed by atoms with E-state index in [0.29, 0.717) is 5.92 Å². The standard InChI is InChI=1S/C16H24FNOS/c1-2-18-16(12-19)9-4-5-13(16)8-10-20-15-7-3-6-14(17)11-15/h3,6-7,11,13,18-19H,2,4-5,8-10,12H2,1H3. The number of hydrogen-bond acceptors (Lipinski definition) is 3. The van der Waals surface area contributed by atoms with Gasteiger partial charge >= 0.3 is 0 Å². The van der Waals surface area contributed by atoms with Gasteiger partial charge in [0.25, 0.3) is 0 Å². The molecule has 1 aromatic carbocycles. The van der Waals surface area contributed by atoms with E-state index in [-0.39, 0.29) is 18.0 Å². The van der Waals surface area contributed by atoms with Crippen LogP contribution in [0.3, 0.4) is 0 Å². The minimum absolute atomic E-state index is 0.0861. The third-order valence-corrected chi connectivity index (χ3v) is 5.33. The van der Waals surface area contributed by atoms with Crippen LogP contribution in [0.25, 0.3) is 0 Å². The molecular weight excluding hydrogens is 273 g/mol. The van der Waals surface area contributed by atoms with Crippen molar-refractivity contribution in [1.29, 1.82) is 0 Å². The summed E-state index contributed by atoms with van der Waals surface area (Å²) in [4.78, 5) is 0.987. The number of thioether (sulfide) groups is 1. The van der Waals surface area contributed by atoms with Gasteiger partial charge in [0, 0.05) is 10.4 Å². The number of rotatable bonds is 7. The maximum Gasteiger partial charge on any atom is 0.124 e. The highest BCUT2D eigenvalue weighted by Crippen LogP contribution is 2.38. The SMILES string of the molecule is CCNC1(CO)CCCC1CCSc1cccc(F)c1. The van der Waals surface area contributed by atoms with Crippen molar-refractivity contribution in [3.05, 3.63) is 30.1 Å². The second kappa shape index (κ2) is 7.43. The van der Waals surface area contributed by atoms with Crippen molar-refractivity contribution in [2.45, 2.75) is 43.0 Å². The van der Waals surface area contributed by atoms with Crippen molar-refractivity contribution < 1.29 is 9.50 Å². The van der Waals surface area contributed by atoms with Crippen LogP contribution in [0, 0.1) is 11.7 Å². The average molecular weight is 297 g/mol. The molecule has 20 heavy (non-hydrogen) atoms. The first-order valence-corrected chi connectivity index (χ1v) is 8.43. The molecule has 1 aromatic rings. The molecule has 4 heteroatoms. The van der Waals surface area contributed by atoms with E-state index in [1.165, 1.54) is 18.9 Å². The molecule has 1 aliphatic carbocycles. The van der Waals surface area contributed by atoms with Gasteiger partial charge in [-0.05, 0) is 55.7 Å². The number of benzene rings is 1. The van der Waals surface area contributed by atoms with Gasteiger partial charge in [-0.3, -0.25) is 0 Å². The zero-order valence-electron chi connectivity index (χ0n) is 12.1. The van der Waals surface area contributed by atoms with E-state index in [1.54, 1.807) is 23.9 Å². The van der Waals surface area contributed by atoms with E-state index in [1.807, 2.05) is 6.07 Å². The van der Waals surface area contributed by atoms with Gasteiger partial charge in [-0.1, -0.05) is 19.4 Å². The van der Waals surface area contributed by atoms with Crippen molar-refractivity contribution in [3.8, 4) is 0 Å². The summed E-state index contributed by atoms with van der Waals surface area (Å²) in [6.07, 6.45) is 4.49. The molecule has 2 atom stereocenters. The number of nitrogens with one attached hydrogen (secondary N) is 1. The molecule has 2 N–H and O–H groups in total. The van der Waals surface area contributed by atoms with Crippen LogP contribution in [0.5, 0.6) is 0 Å². The van der Waals surface area contributed by atoms with E-state index < -0.39 is 0 Å². The van der Waals surface area contributed by atoms with Crippen LogP contribution in [0.15, 0.2) is 29.2 Å². The first kappa shape index (κ1) is 15.8. The molecule has 0 spiro atoms. The topological polar surface area (TPSA) is 32.3 Å². The molecule has 1 aliphatic rings. The average Bonchev–Trinajstić information content (AvgIpc) is 2.83.